The van der Waals surface area contributed by atoms with Crippen LogP contribution in [-0.4, -0.2) is 49.5 Å². The van der Waals surface area contributed by atoms with E-state index in [1.807, 2.05) is 6.07 Å². The largest absolute Gasteiger partial charge is 0.469 e. The topological polar surface area (TPSA) is 200 Å². The minimum absolute atomic E-state index is 0.00776. The van der Waals surface area contributed by atoms with Crippen molar-refractivity contribution in [2.75, 3.05) is 12.4 Å². The van der Waals surface area contributed by atoms with Gasteiger partial charge in [0.2, 0.25) is 15.6 Å². The summed E-state index contributed by atoms with van der Waals surface area (Å²) >= 11 is 0. The highest BCUT2D eigenvalue weighted by molar-refractivity contribution is 7.89. The second-order valence-corrected chi connectivity index (χ2v) is 10.4. The van der Waals surface area contributed by atoms with Crippen LogP contribution in [0.15, 0.2) is 76.8 Å². The second kappa shape index (κ2) is 11.0. The second-order valence-electron chi connectivity index (χ2n) is 8.87. The summed E-state index contributed by atoms with van der Waals surface area (Å²) < 4.78 is 28.9. The van der Waals surface area contributed by atoms with Gasteiger partial charge in [-0.15, -0.1) is 0 Å². The number of anilines is 1. The van der Waals surface area contributed by atoms with Crippen molar-refractivity contribution in [3.8, 4) is 11.3 Å². The molecule has 1 amide bonds. The fourth-order valence-electron chi connectivity index (χ4n) is 4.14. The highest BCUT2D eigenvalue weighted by Crippen LogP contribution is 2.32. The van der Waals surface area contributed by atoms with E-state index in [9.17, 15) is 18.0 Å². The Kier molecular flexibility index (Phi) is 7.74. The van der Waals surface area contributed by atoms with Crippen molar-refractivity contribution in [2.24, 2.45) is 16.0 Å². The Morgan fingerprint density at radius 1 is 1.13 bits per heavy atom. The number of hydrogen-bond donors (Lipinski definition) is 4. The molecule has 13 heteroatoms. The number of amides is 1. The van der Waals surface area contributed by atoms with Crippen LogP contribution in [0.1, 0.15) is 24.0 Å². The summed E-state index contributed by atoms with van der Waals surface area (Å²) in [6.07, 6.45) is -0.120. The lowest BCUT2D eigenvalue weighted by molar-refractivity contribution is -0.155. The summed E-state index contributed by atoms with van der Waals surface area (Å²) in [5.74, 6) is -1.35. The first kappa shape index (κ1) is 27.4. The molecular weight excluding hydrogens is 524 g/mol. The van der Waals surface area contributed by atoms with Crippen molar-refractivity contribution in [3.05, 3.63) is 77.9 Å². The molecule has 0 radical (unpaired) electrons. The van der Waals surface area contributed by atoms with Crippen molar-refractivity contribution in [1.82, 2.24) is 4.98 Å². The standard InChI is InChI=1S/C26H26N6O6S/c1-37-23(33)15-26(14-18(32-38-26)13-16-6-4-7-17(12-16)24(27)28)25(34)31-22-11-5-9-20(30-22)19-8-2-3-10-21(19)39(29,35)36/h2-12H,13-15H2,1H3,(H3,27,28)(H2,29,35,36)(H,30,31,34). The number of amidine groups is 1. The lowest BCUT2D eigenvalue weighted by atomic mass is 9.90. The number of nitrogen functional groups attached to an aromatic ring is 1. The minimum Gasteiger partial charge on any atom is -0.469 e. The van der Waals surface area contributed by atoms with Crippen LogP contribution in [0.25, 0.3) is 11.3 Å². The van der Waals surface area contributed by atoms with Gasteiger partial charge >= 0.3 is 5.97 Å². The van der Waals surface area contributed by atoms with Crippen LogP contribution in [0, 0.1) is 5.41 Å². The Morgan fingerprint density at radius 2 is 1.87 bits per heavy atom. The molecule has 0 saturated heterocycles. The molecule has 1 unspecified atom stereocenters. The number of carbonyl (C=O) groups is 2. The van der Waals surface area contributed by atoms with Crippen LogP contribution in [0.5, 0.6) is 0 Å². The number of esters is 1. The van der Waals surface area contributed by atoms with Crippen molar-refractivity contribution >= 4 is 39.3 Å². The van der Waals surface area contributed by atoms with E-state index in [4.69, 9.17) is 25.9 Å². The van der Waals surface area contributed by atoms with E-state index in [1.54, 1.807) is 42.5 Å². The Balaban J connectivity index is 1.58. The molecular formula is C26H26N6O6S. The zero-order valence-electron chi connectivity index (χ0n) is 20.9. The monoisotopic (exact) mass is 550 g/mol. The number of nitrogens with one attached hydrogen (secondary N) is 2. The number of carbonyl (C=O) groups excluding carboxylic acids is 2. The van der Waals surface area contributed by atoms with Crippen molar-refractivity contribution in [1.29, 1.82) is 5.41 Å². The molecule has 0 spiro atoms. The number of hydrogen-bond acceptors (Lipinski definition) is 9. The predicted octanol–water partition coefficient (Wildman–Crippen LogP) is 1.94. The number of oxime groups is 1. The van der Waals surface area contributed by atoms with Crippen LogP contribution in [0.3, 0.4) is 0 Å². The molecule has 1 aromatic heterocycles. The maximum absolute atomic E-state index is 13.5. The molecule has 1 atom stereocenters. The molecule has 0 aliphatic carbocycles. The molecule has 0 bridgehead atoms. The first-order valence-corrected chi connectivity index (χ1v) is 13.2. The van der Waals surface area contributed by atoms with E-state index < -0.39 is 33.9 Å². The van der Waals surface area contributed by atoms with Gasteiger partial charge in [0, 0.05) is 24.0 Å². The summed E-state index contributed by atoms with van der Waals surface area (Å²) in [4.78, 5) is 35.6. The summed E-state index contributed by atoms with van der Waals surface area (Å²) in [6, 6.07) is 17.8. The average molecular weight is 551 g/mol. The van der Waals surface area contributed by atoms with Gasteiger partial charge in [-0.2, -0.15) is 0 Å². The minimum atomic E-state index is -4.03. The van der Waals surface area contributed by atoms with Crippen molar-refractivity contribution in [2.45, 2.75) is 29.8 Å². The molecule has 0 fully saturated rings. The molecule has 12 nitrogen and oxygen atoms in total. The van der Waals surface area contributed by atoms with E-state index in [0.717, 1.165) is 5.56 Å². The summed E-state index contributed by atoms with van der Waals surface area (Å²) in [7, 11) is -2.83. The number of benzene rings is 2. The van der Waals surface area contributed by atoms with Gasteiger partial charge < -0.3 is 20.6 Å². The van der Waals surface area contributed by atoms with E-state index in [0.29, 0.717) is 17.7 Å². The number of primary sulfonamides is 1. The molecule has 2 heterocycles. The number of pyridine rings is 1. The van der Waals surface area contributed by atoms with E-state index in [1.165, 1.54) is 25.3 Å². The number of nitrogens with two attached hydrogens (primary N) is 2. The van der Waals surface area contributed by atoms with Gasteiger partial charge in [-0.25, -0.2) is 18.5 Å². The molecule has 1 aliphatic rings. The van der Waals surface area contributed by atoms with Gasteiger partial charge in [-0.3, -0.25) is 15.0 Å². The first-order chi connectivity index (χ1) is 18.5. The third-order valence-electron chi connectivity index (χ3n) is 6.02. The van der Waals surface area contributed by atoms with Crippen LogP contribution < -0.4 is 16.2 Å². The number of nitrogens with zero attached hydrogens (tertiary/aromatic N) is 2. The Labute approximate surface area is 224 Å². The number of sulfonamides is 1. The smallest absolute Gasteiger partial charge is 0.310 e. The fraction of sp³-hybridized carbons (Fsp3) is 0.192. The van der Waals surface area contributed by atoms with E-state index >= 15 is 0 Å². The normalized spacial score (nSPS) is 16.6. The fourth-order valence-corrected chi connectivity index (χ4v) is 4.89. The van der Waals surface area contributed by atoms with E-state index in [-0.39, 0.29) is 34.2 Å². The van der Waals surface area contributed by atoms with Gasteiger partial charge in [-0.05, 0) is 29.8 Å². The maximum atomic E-state index is 13.5. The summed E-state index contributed by atoms with van der Waals surface area (Å²) in [6.45, 7) is 0. The summed E-state index contributed by atoms with van der Waals surface area (Å²) in [5.41, 5.74) is 6.23. The highest BCUT2D eigenvalue weighted by Gasteiger charge is 2.49. The molecule has 39 heavy (non-hydrogen) atoms. The Hall–Kier alpha value is -4.62. The molecule has 0 saturated carbocycles. The molecule has 3 aromatic rings. The van der Waals surface area contributed by atoms with Crippen molar-refractivity contribution < 1.29 is 27.6 Å². The van der Waals surface area contributed by atoms with Gasteiger partial charge in [-0.1, -0.05) is 47.6 Å². The van der Waals surface area contributed by atoms with Crippen LogP contribution in [0.2, 0.25) is 0 Å². The molecule has 1 aliphatic heterocycles. The maximum Gasteiger partial charge on any atom is 0.310 e. The zero-order chi connectivity index (χ0) is 28.2. The highest BCUT2D eigenvalue weighted by atomic mass is 32.2. The number of rotatable bonds is 9. The third kappa shape index (κ3) is 6.27. The lowest BCUT2D eigenvalue weighted by Gasteiger charge is -2.24. The quantitative estimate of drug-likeness (QED) is 0.176. The predicted molar refractivity (Wildman–Crippen MR) is 143 cm³/mol. The van der Waals surface area contributed by atoms with Gasteiger partial charge in [0.25, 0.3) is 5.91 Å². The number of ether oxygens (including phenoxy) is 1. The van der Waals surface area contributed by atoms with Crippen LogP contribution >= 0.6 is 0 Å². The average Bonchev–Trinajstić information content (AvgIpc) is 3.31. The van der Waals surface area contributed by atoms with Crippen LogP contribution in [-0.2, 0) is 35.6 Å². The van der Waals surface area contributed by atoms with Gasteiger partial charge in [0.15, 0.2) is 0 Å². The molecule has 2 aromatic carbocycles. The number of methoxy groups -OCH3 is 1. The molecule has 6 N–H and O–H groups in total. The van der Waals surface area contributed by atoms with E-state index in [2.05, 4.69) is 15.5 Å². The van der Waals surface area contributed by atoms with Gasteiger partial charge in [0.05, 0.1) is 29.8 Å². The lowest BCUT2D eigenvalue weighted by Crippen LogP contribution is -2.45. The van der Waals surface area contributed by atoms with Crippen LogP contribution in [0.4, 0.5) is 5.82 Å². The molecule has 4 rings (SSSR count). The molecule has 202 valence electrons. The SMILES string of the molecule is COC(=O)CC1(C(=O)Nc2cccc(-c3ccccc3S(N)(=O)=O)n2)CC(Cc2cccc(C(=N)N)c2)=NO1. The Morgan fingerprint density at radius 3 is 2.59 bits per heavy atom. The van der Waals surface area contributed by atoms with Crippen molar-refractivity contribution in [3.63, 3.8) is 0 Å². The zero-order valence-corrected chi connectivity index (χ0v) is 21.7. The first-order valence-electron chi connectivity index (χ1n) is 11.7. The Bertz CT molecular complexity index is 1590. The van der Waals surface area contributed by atoms with Gasteiger partial charge in [0.1, 0.15) is 11.7 Å². The third-order valence-corrected chi connectivity index (χ3v) is 6.99. The number of aromatic nitrogens is 1. The summed E-state index contributed by atoms with van der Waals surface area (Å²) in [5, 5.41) is 19.7.